The second kappa shape index (κ2) is 4.97. The van der Waals surface area contributed by atoms with Gasteiger partial charge in [-0.05, 0) is 38.1 Å². The van der Waals surface area contributed by atoms with Gasteiger partial charge in [0.2, 0.25) is 0 Å². The molecule has 0 bridgehead atoms. The van der Waals surface area contributed by atoms with Gasteiger partial charge < -0.3 is 10.0 Å². The standard InChI is InChI=1S/C13H16N4O2/c18-13(19)10-3-4-12-14-11(15-17(12)9-10)5-8-16-6-1-2-7-16/h3-4,9H,1-2,5-8H2,(H,18,19). The van der Waals surface area contributed by atoms with E-state index in [1.54, 1.807) is 16.6 Å². The van der Waals surface area contributed by atoms with Crippen LogP contribution in [0.5, 0.6) is 0 Å². The van der Waals surface area contributed by atoms with Crippen LogP contribution in [0.3, 0.4) is 0 Å². The summed E-state index contributed by atoms with van der Waals surface area (Å²) >= 11 is 0. The number of likely N-dealkylation sites (tertiary alicyclic amines) is 1. The van der Waals surface area contributed by atoms with Crippen LogP contribution in [0, 0.1) is 0 Å². The molecule has 19 heavy (non-hydrogen) atoms. The van der Waals surface area contributed by atoms with E-state index in [-0.39, 0.29) is 5.56 Å². The molecule has 6 heteroatoms. The second-order valence-electron chi connectivity index (χ2n) is 4.85. The molecule has 0 atom stereocenters. The van der Waals surface area contributed by atoms with Crippen molar-refractivity contribution in [2.24, 2.45) is 0 Å². The smallest absolute Gasteiger partial charge is 0.337 e. The van der Waals surface area contributed by atoms with Crippen molar-refractivity contribution in [3.05, 3.63) is 29.7 Å². The summed E-state index contributed by atoms with van der Waals surface area (Å²) in [5.41, 5.74) is 0.921. The van der Waals surface area contributed by atoms with Crippen LogP contribution < -0.4 is 0 Å². The van der Waals surface area contributed by atoms with Crippen molar-refractivity contribution >= 4 is 11.6 Å². The van der Waals surface area contributed by atoms with E-state index < -0.39 is 5.97 Å². The first-order valence-electron chi connectivity index (χ1n) is 6.53. The molecule has 100 valence electrons. The van der Waals surface area contributed by atoms with Gasteiger partial charge in [0, 0.05) is 19.2 Å². The van der Waals surface area contributed by atoms with Crippen molar-refractivity contribution in [2.75, 3.05) is 19.6 Å². The fraction of sp³-hybridized carbons (Fsp3) is 0.462. The maximum absolute atomic E-state index is 10.9. The van der Waals surface area contributed by atoms with Gasteiger partial charge in [0.15, 0.2) is 11.5 Å². The van der Waals surface area contributed by atoms with E-state index in [2.05, 4.69) is 15.0 Å². The van der Waals surface area contributed by atoms with Crippen molar-refractivity contribution in [2.45, 2.75) is 19.3 Å². The Labute approximate surface area is 110 Å². The van der Waals surface area contributed by atoms with Crippen LogP contribution in [0.15, 0.2) is 18.3 Å². The molecule has 1 aliphatic rings. The van der Waals surface area contributed by atoms with Gasteiger partial charge in [-0.15, -0.1) is 0 Å². The summed E-state index contributed by atoms with van der Waals surface area (Å²) in [6.07, 6.45) is 4.87. The lowest BCUT2D eigenvalue weighted by Gasteiger charge is -2.12. The number of aromatic nitrogens is 3. The fourth-order valence-electron chi connectivity index (χ4n) is 2.43. The zero-order chi connectivity index (χ0) is 13.2. The van der Waals surface area contributed by atoms with Gasteiger partial charge in [-0.1, -0.05) is 0 Å². The number of carbonyl (C=O) groups is 1. The van der Waals surface area contributed by atoms with E-state index in [4.69, 9.17) is 5.11 Å². The molecule has 0 aliphatic carbocycles. The summed E-state index contributed by atoms with van der Waals surface area (Å²) < 4.78 is 1.54. The number of pyridine rings is 1. The van der Waals surface area contributed by atoms with Gasteiger partial charge in [-0.3, -0.25) is 0 Å². The first-order valence-corrected chi connectivity index (χ1v) is 6.53. The summed E-state index contributed by atoms with van der Waals surface area (Å²) in [7, 11) is 0. The number of fused-ring (bicyclic) bond motifs is 1. The van der Waals surface area contributed by atoms with Gasteiger partial charge in [0.1, 0.15) is 0 Å². The lowest BCUT2D eigenvalue weighted by atomic mass is 10.3. The molecular formula is C13H16N4O2. The molecule has 0 amide bonds. The largest absolute Gasteiger partial charge is 0.478 e. The third kappa shape index (κ3) is 2.58. The highest BCUT2D eigenvalue weighted by molar-refractivity contribution is 5.87. The Morgan fingerprint density at radius 2 is 2.11 bits per heavy atom. The molecule has 2 aromatic rings. The molecule has 1 saturated heterocycles. The first-order chi connectivity index (χ1) is 9.22. The summed E-state index contributed by atoms with van der Waals surface area (Å²) in [6.45, 7) is 3.30. The summed E-state index contributed by atoms with van der Waals surface area (Å²) in [5, 5.41) is 13.3. The minimum Gasteiger partial charge on any atom is -0.478 e. The summed E-state index contributed by atoms with van der Waals surface area (Å²) in [4.78, 5) is 17.7. The average Bonchev–Trinajstić information content (AvgIpc) is 3.04. The van der Waals surface area contributed by atoms with Crippen LogP contribution in [-0.4, -0.2) is 50.2 Å². The van der Waals surface area contributed by atoms with Crippen molar-refractivity contribution in [1.29, 1.82) is 0 Å². The van der Waals surface area contributed by atoms with Crippen LogP contribution in [0.1, 0.15) is 29.0 Å². The normalized spacial score (nSPS) is 16.2. The molecule has 0 unspecified atom stereocenters. The Bertz CT molecular complexity index is 602. The lowest BCUT2D eigenvalue weighted by Crippen LogP contribution is -2.22. The quantitative estimate of drug-likeness (QED) is 0.890. The molecule has 3 heterocycles. The topological polar surface area (TPSA) is 70.7 Å². The molecule has 0 spiro atoms. The van der Waals surface area contributed by atoms with Gasteiger partial charge in [0.05, 0.1) is 5.56 Å². The Morgan fingerprint density at radius 1 is 1.32 bits per heavy atom. The van der Waals surface area contributed by atoms with Crippen molar-refractivity contribution in [3.63, 3.8) is 0 Å². The molecule has 1 N–H and O–H groups in total. The van der Waals surface area contributed by atoms with E-state index in [0.29, 0.717) is 5.65 Å². The number of nitrogens with zero attached hydrogens (tertiary/aromatic N) is 4. The molecule has 2 aromatic heterocycles. The fourth-order valence-corrected chi connectivity index (χ4v) is 2.43. The molecule has 0 saturated carbocycles. The highest BCUT2D eigenvalue weighted by Crippen LogP contribution is 2.09. The van der Waals surface area contributed by atoms with E-state index in [1.165, 1.54) is 19.0 Å². The number of rotatable bonds is 4. The van der Waals surface area contributed by atoms with Crippen LogP contribution in [-0.2, 0) is 6.42 Å². The molecule has 1 fully saturated rings. The van der Waals surface area contributed by atoms with E-state index in [9.17, 15) is 4.79 Å². The van der Waals surface area contributed by atoms with Crippen LogP contribution in [0.25, 0.3) is 5.65 Å². The van der Waals surface area contributed by atoms with Crippen molar-refractivity contribution < 1.29 is 9.90 Å². The monoisotopic (exact) mass is 260 g/mol. The van der Waals surface area contributed by atoms with E-state index in [1.807, 2.05) is 0 Å². The van der Waals surface area contributed by atoms with Gasteiger partial charge in [-0.2, -0.15) is 5.10 Å². The number of hydrogen-bond acceptors (Lipinski definition) is 4. The van der Waals surface area contributed by atoms with Crippen molar-refractivity contribution in [3.8, 4) is 0 Å². The Hall–Kier alpha value is -1.95. The van der Waals surface area contributed by atoms with Crippen LogP contribution >= 0.6 is 0 Å². The summed E-state index contributed by atoms with van der Waals surface area (Å²) in [6, 6.07) is 3.24. The van der Waals surface area contributed by atoms with Gasteiger partial charge in [-0.25, -0.2) is 14.3 Å². The Balaban J connectivity index is 1.75. The maximum atomic E-state index is 10.9. The molecule has 0 aromatic carbocycles. The molecule has 6 nitrogen and oxygen atoms in total. The third-order valence-corrected chi connectivity index (χ3v) is 3.47. The summed E-state index contributed by atoms with van der Waals surface area (Å²) in [5.74, 6) is -0.176. The number of carboxylic acids is 1. The zero-order valence-corrected chi connectivity index (χ0v) is 10.6. The molecule has 0 radical (unpaired) electrons. The molecule has 1 aliphatic heterocycles. The number of carboxylic acid groups (broad SMARTS) is 1. The maximum Gasteiger partial charge on any atom is 0.337 e. The second-order valence-corrected chi connectivity index (χ2v) is 4.85. The Morgan fingerprint density at radius 3 is 2.84 bits per heavy atom. The van der Waals surface area contributed by atoms with Gasteiger partial charge >= 0.3 is 5.97 Å². The van der Waals surface area contributed by atoms with E-state index >= 15 is 0 Å². The lowest BCUT2D eigenvalue weighted by molar-refractivity contribution is 0.0696. The van der Waals surface area contributed by atoms with E-state index in [0.717, 1.165) is 31.9 Å². The Kier molecular flexibility index (Phi) is 3.16. The number of aromatic carboxylic acids is 1. The predicted octanol–water partition coefficient (Wildman–Crippen LogP) is 1.07. The SMILES string of the molecule is O=C(O)c1ccc2nc(CCN3CCCC3)nn2c1. The highest BCUT2D eigenvalue weighted by Gasteiger charge is 2.13. The predicted molar refractivity (Wildman–Crippen MR) is 69.3 cm³/mol. The van der Waals surface area contributed by atoms with Crippen molar-refractivity contribution in [1.82, 2.24) is 19.5 Å². The van der Waals surface area contributed by atoms with Crippen LogP contribution in [0.4, 0.5) is 0 Å². The molecular weight excluding hydrogens is 244 g/mol. The average molecular weight is 260 g/mol. The highest BCUT2D eigenvalue weighted by atomic mass is 16.4. The molecule has 3 rings (SSSR count). The third-order valence-electron chi connectivity index (χ3n) is 3.47. The van der Waals surface area contributed by atoms with Gasteiger partial charge in [0.25, 0.3) is 0 Å². The minimum atomic E-state index is -0.948. The minimum absolute atomic E-state index is 0.225. The first kappa shape index (κ1) is 12.1. The van der Waals surface area contributed by atoms with Crippen LogP contribution in [0.2, 0.25) is 0 Å². The zero-order valence-electron chi connectivity index (χ0n) is 10.6. The number of hydrogen-bond donors (Lipinski definition) is 1.